The van der Waals surface area contributed by atoms with Crippen LogP contribution >= 0.6 is 0 Å². The third-order valence-corrected chi connectivity index (χ3v) is 5.60. The van der Waals surface area contributed by atoms with Crippen LogP contribution in [0.3, 0.4) is 0 Å². The zero-order valence-electron chi connectivity index (χ0n) is 17.0. The molecular formula is C23H27FN2O3. The fourth-order valence-corrected chi connectivity index (χ4v) is 4.02. The van der Waals surface area contributed by atoms with Gasteiger partial charge in [-0.1, -0.05) is 24.6 Å². The topological polar surface area (TPSA) is 47.7 Å². The quantitative estimate of drug-likeness (QED) is 0.489. The molecule has 1 aliphatic rings. The Hall–Kier alpha value is -2.76. The molecule has 154 valence electrons. The number of aromatic nitrogens is 1. The second-order valence-electron chi connectivity index (χ2n) is 7.48. The number of anilines is 1. The van der Waals surface area contributed by atoms with Gasteiger partial charge in [-0.2, -0.15) is 0 Å². The van der Waals surface area contributed by atoms with Crippen molar-refractivity contribution in [3.05, 3.63) is 47.9 Å². The monoisotopic (exact) mass is 398 g/mol. The summed E-state index contributed by atoms with van der Waals surface area (Å²) >= 11 is 0. The Labute approximate surface area is 170 Å². The lowest BCUT2D eigenvalue weighted by atomic mass is 9.91. The maximum Gasteiger partial charge on any atom is 0.184 e. The molecule has 0 aliphatic carbocycles. The molecule has 3 aromatic rings. The third-order valence-electron chi connectivity index (χ3n) is 5.60. The fraction of sp³-hybridized carbons (Fsp3) is 0.435. The predicted octanol–water partition coefficient (Wildman–Crippen LogP) is 5.54. The van der Waals surface area contributed by atoms with E-state index in [-0.39, 0.29) is 5.82 Å². The molecule has 1 saturated heterocycles. The lowest BCUT2D eigenvalue weighted by Gasteiger charge is -2.34. The highest BCUT2D eigenvalue weighted by Crippen LogP contribution is 2.41. The van der Waals surface area contributed by atoms with Gasteiger partial charge in [0.25, 0.3) is 0 Å². The number of rotatable bonds is 7. The van der Waals surface area contributed by atoms with Crippen LogP contribution in [-0.4, -0.2) is 32.0 Å². The van der Waals surface area contributed by atoms with E-state index in [4.69, 9.17) is 14.0 Å². The van der Waals surface area contributed by atoms with Crippen LogP contribution in [0.25, 0.3) is 11.0 Å². The minimum Gasteiger partial charge on any atom is -0.491 e. The van der Waals surface area contributed by atoms with Crippen molar-refractivity contribution in [2.75, 3.05) is 31.7 Å². The van der Waals surface area contributed by atoms with E-state index in [1.807, 2.05) is 12.1 Å². The lowest BCUT2D eigenvalue weighted by Crippen LogP contribution is -2.33. The largest absolute Gasteiger partial charge is 0.491 e. The molecule has 0 bridgehead atoms. The van der Waals surface area contributed by atoms with Gasteiger partial charge in [-0.3, -0.25) is 0 Å². The number of fused-ring (bicyclic) bond motifs is 1. The van der Waals surface area contributed by atoms with Gasteiger partial charge < -0.3 is 18.9 Å². The number of nitrogens with zero attached hydrogens (tertiary/aromatic N) is 2. The van der Waals surface area contributed by atoms with Crippen LogP contribution in [0, 0.1) is 5.82 Å². The number of benzene rings is 2. The predicted molar refractivity (Wildman–Crippen MR) is 112 cm³/mol. The number of hydrogen-bond acceptors (Lipinski definition) is 5. The average Bonchev–Trinajstić information content (AvgIpc) is 3.17. The van der Waals surface area contributed by atoms with E-state index in [0.29, 0.717) is 18.1 Å². The Balaban J connectivity index is 1.48. The van der Waals surface area contributed by atoms with Crippen molar-refractivity contribution in [2.45, 2.75) is 38.5 Å². The lowest BCUT2D eigenvalue weighted by molar-refractivity contribution is 0.288. The molecule has 0 N–H and O–H groups in total. The zero-order chi connectivity index (χ0) is 20.2. The number of halogens is 1. The smallest absolute Gasteiger partial charge is 0.184 e. The number of methoxy groups -OCH3 is 1. The van der Waals surface area contributed by atoms with Crippen molar-refractivity contribution in [2.24, 2.45) is 0 Å². The van der Waals surface area contributed by atoms with E-state index in [1.54, 1.807) is 13.2 Å². The van der Waals surface area contributed by atoms with E-state index in [0.717, 1.165) is 67.0 Å². The molecule has 6 heteroatoms. The first-order valence-electron chi connectivity index (χ1n) is 10.3. The highest BCUT2D eigenvalue weighted by atomic mass is 19.1. The summed E-state index contributed by atoms with van der Waals surface area (Å²) in [6.07, 6.45) is 4.01. The summed E-state index contributed by atoms with van der Waals surface area (Å²) in [5.41, 5.74) is 2.51. The molecule has 1 fully saturated rings. The normalized spacial score (nSPS) is 15.1. The summed E-state index contributed by atoms with van der Waals surface area (Å²) in [6, 6.07) is 10.7. The van der Waals surface area contributed by atoms with Crippen LogP contribution in [0.15, 0.2) is 40.9 Å². The van der Waals surface area contributed by atoms with Crippen molar-refractivity contribution < 1.29 is 18.4 Å². The van der Waals surface area contributed by atoms with Crippen molar-refractivity contribution in [1.29, 1.82) is 0 Å². The molecule has 2 heterocycles. The molecule has 0 spiro atoms. The minimum atomic E-state index is -0.303. The summed E-state index contributed by atoms with van der Waals surface area (Å²) in [5, 5.41) is 5.15. The van der Waals surface area contributed by atoms with Crippen molar-refractivity contribution >= 4 is 16.7 Å². The van der Waals surface area contributed by atoms with Gasteiger partial charge in [0.15, 0.2) is 17.1 Å². The number of para-hydroxylation sites is 1. The van der Waals surface area contributed by atoms with Crippen LogP contribution in [0.1, 0.15) is 44.2 Å². The summed E-state index contributed by atoms with van der Waals surface area (Å²) in [7, 11) is 1.69. The second kappa shape index (κ2) is 8.72. The molecule has 0 saturated carbocycles. The summed E-state index contributed by atoms with van der Waals surface area (Å²) in [6.45, 7) is 4.61. The van der Waals surface area contributed by atoms with Gasteiger partial charge in [0.05, 0.1) is 25.1 Å². The van der Waals surface area contributed by atoms with Crippen molar-refractivity contribution in [3.63, 3.8) is 0 Å². The Morgan fingerprint density at radius 3 is 2.79 bits per heavy atom. The van der Waals surface area contributed by atoms with Crippen LogP contribution in [-0.2, 0) is 0 Å². The van der Waals surface area contributed by atoms with E-state index >= 15 is 0 Å². The first kappa shape index (κ1) is 19.6. The summed E-state index contributed by atoms with van der Waals surface area (Å²) in [5.74, 6) is 1.59. The summed E-state index contributed by atoms with van der Waals surface area (Å²) in [4.78, 5) is 2.34. The van der Waals surface area contributed by atoms with Gasteiger partial charge in [-0.25, -0.2) is 4.39 Å². The molecule has 0 atom stereocenters. The number of hydrogen-bond donors (Lipinski definition) is 0. The number of unbranched alkanes of at least 4 members (excludes halogenated alkanes) is 1. The number of piperidine rings is 1. The SMILES string of the molecule is CCCCOc1cccc(N2CCC(c3noc4cc(F)ccc34)CC2)c1OC. The van der Waals surface area contributed by atoms with Crippen LogP contribution in [0.2, 0.25) is 0 Å². The first-order valence-corrected chi connectivity index (χ1v) is 10.3. The molecule has 5 nitrogen and oxygen atoms in total. The highest BCUT2D eigenvalue weighted by molar-refractivity contribution is 5.80. The van der Waals surface area contributed by atoms with Gasteiger partial charge in [0, 0.05) is 30.5 Å². The second-order valence-corrected chi connectivity index (χ2v) is 7.48. The molecule has 0 amide bonds. The molecule has 0 radical (unpaired) electrons. The van der Waals surface area contributed by atoms with Crippen LogP contribution in [0.4, 0.5) is 10.1 Å². The Morgan fingerprint density at radius 1 is 1.21 bits per heavy atom. The molecule has 29 heavy (non-hydrogen) atoms. The van der Waals surface area contributed by atoms with Crippen LogP contribution in [0.5, 0.6) is 11.5 Å². The van der Waals surface area contributed by atoms with Gasteiger partial charge in [0.1, 0.15) is 5.82 Å². The molecule has 1 aliphatic heterocycles. The molecule has 4 rings (SSSR count). The van der Waals surface area contributed by atoms with E-state index in [9.17, 15) is 4.39 Å². The van der Waals surface area contributed by atoms with E-state index < -0.39 is 0 Å². The molecule has 1 aromatic heterocycles. The third kappa shape index (κ3) is 4.02. The van der Waals surface area contributed by atoms with Gasteiger partial charge in [0.2, 0.25) is 0 Å². The van der Waals surface area contributed by atoms with E-state index in [1.165, 1.54) is 12.1 Å². The molecule has 2 aromatic carbocycles. The van der Waals surface area contributed by atoms with E-state index in [2.05, 4.69) is 23.0 Å². The zero-order valence-corrected chi connectivity index (χ0v) is 17.0. The molecular weight excluding hydrogens is 371 g/mol. The Morgan fingerprint density at radius 2 is 2.03 bits per heavy atom. The van der Waals surface area contributed by atoms with Crippen molar-refractivity contribution in [3.8, 4) is 11.5 Å². The van der Waals surface area contributed by atoms with Gasteiger partial charge in [-0.05, 0) is 43.5 Å². The number of ether oxygens (including phenoxy) is 2. The Bertz CT molecular complexity index is 964. The summed E-state index contributed by atoms with van der Waals surface area (Å²) < 4.78 is 30.4. The Kier molecular flexibility index (Phi) is 5.88. The van der Waals surface area contributed by atoms with Gasteiger partial charge in [-0.15, -0.1) is 0 Å². The van der Waals surface area contributed by atoms with Crippen molar-refractivity contribution in [1.82, 2.24) is 5.16 Å². The standard InChI is InChI=1S/C23H27FN2O3/c1-3-4-14-28-20-7-5-6-19(23(20)27-2)26-12-10-16(11-13-26)22-18-9-8-17(24)15-21(18)29-25-22/h5-9,15-16H,3-4,10-14H2,1-2H3. The molecule has 0 unspecified atom stereocenters. The maximum atomic E-state index is 13.4. The average molecular weight is 398 g/mol. The van der Waals surface area contributed by atoms with Gasteiger partial charge >= 0.3 is 0 Å². The van der Waals surface area contributed by atoms with Crippen LogP contribution < -0.4 is 14.4 Å². The minimum absolute atomic E-state index is 0.299. The highest BCUT2D eigenvalue weighted by Gasteiger charge is 2.27. The maximum absolute atomic E-state index is 13.4. The first-order chi connectivity index (χ1) is 14.2. The fourth-order valence-electron chi connectivity index (χ4n) is 4.02.